The lowest BCUT2D eigenvalue weighted by Gasteiger charge is -2.14. The van der Waals surface area contributed by atoms with E-state index in [4.69, 9.17) is 27.2 Å². The van der Waals surface area contributed by atoms with Crippen LogP contribution in [0.1, 0.15) is 12.6 Å². The summed E-state index contributed by atoms with van der Waals surface area (Å²) < 4.78 is 20.8. The zero-order valence-corrected chi connectivity index (χ0v) is 11.0. The fourth-order valence-corrected chi connectivity index (χ4v) is 2.54. The van der Waals surface area contributed by atoms with E-state index in [-0.39, 0.29) is 35.2 Å². The summed E-state index contributed by atoms with van der Waals surface area (Å²) in [6, 6.07) is 0. The average Bonchev–Trinajstić information content (AvgIpc) is 2.90. The second kappa shape index (κ2) is 4.81. The van der Waals surface area contributed by atoms with Gasteiger partial charge in [0.05, 0.1) is 18.1 Å². The number of hydrogen-bond donors (Lipinski definition) is 3. The number of nitrogens with zero attached hydrogens (tertiary/aromatic N) is 3. The van der Waals surface area contributed by atoms with Gasteiger partial charge in [0.2, 0.25) is 5.28 Å². The third-order valence-electron chi connectivity index (χ3n) is 3.32. The highest BCUT2D eigenvalue weighted by Gasteiger charge is 2.35. The van der Waals surface area contributed by atoms with Gasteiger partial charge in [-0.1, -0.05) is 0 Å². The van der Waals surface area contributed by atoms with Gasteiger partial charge in [0.25, 0.3) is 0 Å². The van der Waals surface area contributed by atoms with Crippen LogP contribution in [0.3, 0.4) is 0 Å². The Balaban J connectivity index is 2.09. The number of aliphatic hydroxyl groups excluding tert-OH is 2. The zero-order chi connectivity index (χ0) is 14.4. The van der Waals surface area contributed by atoms with Crippen LogP contribution in [0.2, 0.25) is 5.28 Å². The molecule has 0 unspecified atom stereocenters. The summed E-state index contributed by atoms with van der Waals surface area (Å²) in [5.74, 6) is -0.659. The molecule has 1 saturated heterocycles. The van der Waals surface area contributed by atoms with E-state index < -0.39 is 24.3 Å². The van der Waals surface area contributed by atoms with Crippen molar-refractivity contribution in [2.45, 2.75) is 24.9 Å². The normalized spacial score (nSPS) is 26.5. The maximum absolute atomic E-state index is 13.9. The Hall–Kier alpha value is -1.48. The molecule has 1 aliphatic heterocycles. The molecule has 0 aromatic carbocycles. The summed E-state index contributed by atoms with van der Waals surface area (Å²) in [4.78, 5) is 7.65. The van der Waals surface area contributed by atoms with Crippen LogP contribution < -0.4 is 5.73 Å². The van der Waals surface area contributed by atoms with Crippen molar-refractivity contribution in [3.63, 3.8) is 0 Å². The third kappa shape index (κ3) is 2.01. The van der Waals surface area contributed by atoms with Crippen LogP contribution >= 0.6 is 11.6 Å². The summed E-state index contributed by atoms with van der Waals surface area (Å²) in [5, 5.41) is 18.8. The smallest absolute Gasteiger partial charge is 0.226 e. The number of fused-ring (bicyclic) bond motifs is 1. The summed E-state index contributed by atoms with van der Waals surface area (Å²) in [7, 11) is 0. The summed E-state index contributed by atoms with van der Waals surface area (Å²) in [6.07, 6.45) is -0.825. The van der Waals surface area contributed by atoms with Crippen LogP contribution in [0.25, 0.3) is 11.0 Å². The predicted octanol–water partition coefficient (Wildman–Crippen LogP) is 0.447. The van der Waals surface area contributed by atoms with Crippen LogP contribution in [0.4, 0.5) is 10.2 Å². The maximum Gasteiger partial charge on any atom is 0.226 e. The van der Waals surface area contributed by atoms with E-state index in [0.29, 0.717) is 0 Å². The molecule has 3 heterocycles. The molecule has 0 saturated carbocycles. The van der Waals surface area contributed by atoms with E-state index in [0.717, 1.165) is 0 Å². The Labute approximate surface area is 117 Å². The predicted molar refractivity (Wildman–Crippen MR) is 68.5 cm³/mol. The molecular weight excluding hydrogens is 291 g/mol. The molecule has 20 heavy (non-hydrogen) atoms. The fraction of sp³-hybridized carbons (Fsp3) is 0.455. The number of hydrogen-bond acceptors (Lipinski definition) is 6. The van der Waals surface area contributed by atoms with Crippen LogP contribution in [-0.4, -0.2) is 43.6 Å². The average molecular weight is 303 g/mol. The van der Waals surface area contributed by atoms with Gasteiger partial charge in [-0.2, -0.15) is 4.98 Å². The molecule has 9 heteroatoms. The van der Waals surface area contributed by atoms with Crippen molar-refractivity contribution in [3.05, 3.63) is 17.3 Å². The maximum atomic E-state index is 13.9. The lowest BCUT2D eigenvalue weighted by molar-refractivity contribution is -0.0431. The first kappa shape index (κ1) is 13.5. The summed E-state index contributed by atoms with van der Waals surface area (Å²) in [5.41, 5.74) is 5.82. The fourth-order valence-electron chi connectivity index (χ4n) is 2.37. The number of halogens is 2. The second-order valence-electron chi connectivity index (χ2n) is 4.58. The lowest BCUT2D eigenvalue weighted by Crippen LogP contribution is -2.24. The minimum atomic E-state index is -0.833. The molecule has 2 aromatic heterocycles. The molecule has 3 rings (SSSR count). The van der Waals surface area contributed by atoms with Gasteiger partial charge >= 0.3 is 0 Å². The number of rotatable bonds is 2. The van der Waals surface area contributed by atoms with Gasteiger partial charge in [0, 0.05) is 12.6 Å². The highest BCUT2D eigenvalue weighted by atomic mass is 35.5. The van der Waals surface area contributed by atoms with Gasteiger partial charge in [-0.3, -0.25) is 0 Å². The third-order valence-corrected chi connectivity index (χ3v) is 3.49. The quantitative estimate of drug-likeness (QED) is 0.695. The molecular formula is C11H12ClFN4O3. The Kier molecular flexibility index (Phi) is 3.25. The minimum absolute atomic E-state index is 0.0555. The molecule has 7 nitrogen and oxygen atoms in total. The van der Waals surface area contributed by atoms with E-state index in [2.05, 4.69) is 9.97 Å². The van der Waals surface area contributed by atoms with Gasteiger partial charge in [-0.25, -0.2) is 9.37 Å². The number of aliphatic hydroxyl groups is 2. The number of nitrogen functional groups attached to an aromatic ring is 1. The molecule has 1 aliphatic rings. The van der Waals surface area contributed by atoms with Crippen molar-refractivity contribution in [1.82, 2.24) is 14.5 Å². The Bertz CT molecular complexity index is 665. The van der Waals surface area contributed by atoms with Crippen LogP contribution in [0.5, 0.6) is 0 Å². The van der Waals surface area contributed by atoms with Crippen LogP contribution in [0.15, 0.2) is 6.20 Å². The van der Waals surface area contributed by atoms with E-state index in [1.165, 1.54) is 10.8 Å². The van der Waals surface area contributed by atoms with E-state index in [9.17, 15) is 9.50 Å². The first-order valence-corrected chi connectivity index (χ1v) is 6.32. The molecule has 108 valence electrons. The van der Waals surface area contributed by atoms with E-state index >= 15 is 0 Å². The first-order valence-electron chi connectivity index (χ1n) is 5.94. The monoisotopic (exact) mass is 302 g/mol. The molecule has 4 N–H and O–H groups in total. The van der Waals surface area contributed by atoms with Crippen molar-refractivity contribution in [2.24, 2.45) is 0 Å². The van der Waals surface area contributed by atoms with Crippen molar-refractivity contribution < 1.29 is 19.3 Å². The minimum Gasteiger partial charge on any atom is -0.394 e. The topological polar surface area (TPSA) is 106 Å². The number of aromatic nitrogens is 3. The number of ether oxygens (including phenoxy) is 1. The highest BCUT2D eigenvalue weighted by molar-refractivity contribution is 6.28. The van der Waals surface area contributed by atoms with Crippen LogP contribution in [-0.2, 0) is 4.74 Å². The van der Waals surface area contributed by atoms with Crippen LogP contribution in [0, 0.1) is 5.82 Å². The SMILES string of the molecule is Nc1nc(Cl)nc2c1c(F)cn2[C@H]1C[C@H](O)[C@@H](CO)O1. The van der Waals surface area contributed by atoms with Gasteiger partial charge < -0.3 is 25.3 Å². The molecule has 0 bridgehead atoms. The largest absolute Gasteiger partial charge is 0.394 e. The second-order valence-corrected chi connectivity index (χ2v) is 4.91. The molecule has 2 aromatic rings. The van der Waals surface area contributed by atoms with Gasteiger partial charge in [-0.15, -0.1) is 0 Å². The molecule has 0 radical (unpaired) electrons. The first-order chi connectivity index (χ1) is 9.51. The number of nitrogens with two attached hydrogens (primary N) is 1. The van der Waals surface area contributed by atoms with Crippen molar-refractivity contribution in [1.29, 1.82) is 0 Å². The molecule has 0 aliphatic carbocycles. The molecule has 1 fully saturated rings. The molecule has 0 amide bonds. The van der Waals surface area contributed by atoms with Crippen molar-refractivity contribution >= 4 is 28.5 Å². The highest BCUT2D eigenvalue weighted by Crippen LogP contribution is 2.34. The van der Waals surface area contributed by atoms with Gasteiger partial charge in [0.1, 0.15) is 18.1 Å². The van der Waals surface area contributed by atoms with Gasteiger partial charge in [-0.05, 0) is 11.6 Å². The van der Waals surface area contributed by atoms with Gasteiger partial charge in [0.15, 0.2) is 11.5 Å². The molecule has 3 atom stereocenters. The lowest BCUT2D eigenvalue weighted by atomic mass is 10.2. The summed E-state index contributed by atoms with van der Waals surface area (Å²) >= 11 is 5.73. The number of anilines is 1. The van der Waals surface area contributed by atoms with Crippen molar-refractivity contribution in [3.8, 4) is 0 Å². The molecule has 0 spiro atoms. The Morgan fingerprint density at radius 3 is 2.95 bits per heavy atom. The van der Waals surface area contributed by atoms with Crippen molar-refractivity contribution in [2.75, 3.05) is 12.3 Å². The summed E-state index contributed by atoms with van der Waals surface area (Å²) in [6.45, 7) is -0.322. The van der Waals surface area contributed by atoms with E-state index in [1.54, 1.807) is 0 Å². The Morgan fingerprint density at radius 1 is 1.55 bits per heavy atom. The van der Waals surface area contributed by atoms with E-state index in [1.807, 2.05) is 0 Å². The standard InChI is InChI=1S/C11H12ClFN4O3/c12-11-15-9(14)8-4(13)2-17(10(8)16-11)7-1-5(19)6(3-18)20-7/h2,5-7,18-19H,1,3H2,(H2,14,15,16)/t5-,6+,7+/m0/s1. The Morgan fingerprint density at radius 2 is 2.30 bits per heavy atom. The zero-order valence-electron chi connectivity index (χ0n) is 10.2.